The molecule has 0 amide bonds. The average Bonchev–Trinajstić information content (AvgIpc) is 2.78. The lowest BCUT2D eigenvalue weighted by Gasteiger charge is -2.08. The highest BCUT2D eigenvalue weighted by molar-refractivity contribution is 7.91. The minimum atomic E-state index is -3.10. The van der Waals surface area contributed by atoms with Crippen LogP contribution in [0.3, 0.4) is 0 Å². The molecule has 1 aromatic rings. The summed E-state index contributed by atoms with van der Waals surface area (Å²) < 4.78 is 22.9. The Labute approximate surface area is 106 Å². The van der Waals surface area contributed by atoms with Crippen LogP contribution in [0.25, 0.3) is 0 Å². The molecule has 0 saturated carbocycles. The standard InChI is InChI=1S/C11H17NO3S2/c1-2-7-17(14,15)8-5-9(13)11(12)10-4-3-6-16-10/h3-4,6,11H,2,5,7-8,12H2,1H3. The first-order valence-electron chi connectivity index (χ1n) is 5.48. The number of ketones is 1. The molecule has 0 radical (unpaired) electrons. The molecule has 1 aromatic heterocycles. The van der Waals surface area contributed by atoms with Crippen molar-refractivity contribution in [1.82, 2.24) is 0 Å². The summed E-state index contributed by atoms with van der Waals surface area (Å²) in [5, 5.41) is 1.84. The van der Waals surface area contributed by atoms with Crippen LogP contribution >= 0.6 is 11.3 Å². The van der Waals surface area contributed by atoms with E-state index in [1.165, 1.54) is 11.3 Å². The first-order chi connectivity index (χ1) is 7.96. The van der Waals surface area contributed by atoms with Gasteiger partial charge in [0.1, 0.15) is 0 Å². The minimum Gasteiger partial charge on any atom is -0.317 e. The van der Waals surface area contributed by atoms with Crippen molar-refractivity contribution in [3.05, 3.63) is 22.4 Å². The maximum absolute atomic E-state index is 11.7. The average molecular weight is 275 g/mol. The van der Waals surface area contributed by atoms with Crippen molar-refractivity contribution in [2.24, 2.45) is 5.73 Å². The van der Waals surface area contributed by atoms with Crippen LogP contribution in [0.2, 0.25) is 0 Å². The molecule has 0 aliphatic heterocycles. The normalized spacial score (nSPS) is 13.5. The number of carbonyl (C=O) groups excluding carboxylic acids is 1. The van der Waals surface area contributed by atoms with Gasteiger partial charge in [0.05, 0.1) is 11.8 Å². The van der Waals surface area contributed by atoms with Crippen LogP contribution in [0.1, 0.15) is 30.7 Å². The number of sulfone groups is 1. The summed E-state index contributed by atoms with van der Waals surface area (Å²) in [6, 6.07) is 2.92. The van der Waals surface area contributed by atoms with Crippen molar-refractivity contribution < 1.29 is 13.2 Å². The zero-order chi connectivity index (χ0) is 12.9. The number of hydrogen-bond donors (Lipinski definition) is 1. The van der Waals surface area contributed by atoms with Gasteiger partial charge in [-0.3, -0.25) is 4.79 Å². The van der Waals surface area contributed by atoms with Gasteiger partial charge >= 0.3 is 0 Å². The second-order valence-corrected chi connectivity index (χ2v) is 7.14. The van der Waals surface area contributed by atoms with Crippen molar-refractivity contribution in [1.29, 1.82) is 0 Å². The Balaban J connectivity index is 2.51. The lowest BCUT2D eigenvalue weighted by Crippen LogP contribution is -2.23. The summed E-state index contributed by atoms with van der Waals surface area (Å²) in [5.74, 6) is -0.181. The fourth-order valence-corrected chi connectivity index (χ4v) is 3.54. The van der Waals surface area contributed by atoms with Gasteiger partial charge in [-0.1, -0.05) is 13.0 Å². The maximum Gasteiger partial charge on any atom is 0.155 e. The molecule has 0 spiro atoms. The Morgan fingerprint density at radius 1 is 1.47 bits per heavy atom. The fraction of sp³-hybridized carbons (Fsp3) is 0.545. The van der Waals surface area contributed by atoms with Gasteiger partial charge in [0.25, 0.3) is 0 Å². The van der Waals surface area contributed by atoms with E-state index in [0.29, 0.717) is 6.42 Å². The van der Waals surface area contributed by atoms with Gasteiger partial charge in [-0.2, -0.15) is 0 Å². The molecule has 4 nitrogen and oxygen atoms in total. The smallest absolute Gasteiger partial charge is 0.155 e. The Hall–Kier alpha value is -0.720. The Kier molecular flexibility index (Phi) is 5.30. The summed E-state index contributed by atoms with van der Waals surface area (Å²) in [6.07, 6.45) is 0.578. The van der Waals surface area contributed by atoms with E-state index in [2.05, 4.69) is 0 Å². The van der Waals surface area contributed by atoms with Gasteiger partial charge in [0, 0.05) is 17.1 Å². The second kappa shape index (κ2) is 6.28. The Morgan fingerprint density at radius 3 is 2.71 bits per heavy atom. The Morgan fingerprint density at radius 2 is 2.18 bits per heavy atom. The van der Waals surface area contributed by atoms with Gasteiger partial charge in [0.2, 0.25) is 0 Å². The summed E-state index contributed by atoms with van der Waals surface area (Å²) in [7, 11) is -3.10. The molecule has 96 valence electrons. The molecule has 0 aliphatic rings. The summed E-state index contributed by atoms with van der Waals surface area (Å²) in [5.41, 5.74) is 5.75. The van der Waals surface area contributed by atoms with Crippen molar-refractivity contribution in [3.8, 4) is 0 Å². The number of rotatable bonds is 7. The third-order valence-electron chi connectivity index (χ3n) is 2.37. The molecule has 17 heavy (non-hydrogen) atoms. The van der Waals surface area contributed by atoms with Crippen molar-refractivity contribution >= 4 is 27.0 Å². The van der Waals surface area contributed by atoms with Crippen LogP contribution < -0.4 is 5.73 Å². The highest BCUT2D eigenvalue weighted by atomic mass is 32.2. The van der Waals surface area contributed by atoms with Gasteiger partial charge in [0.15, 0.2) is 15.6 Å². The highest BCUT2D eigenvalue weighted by Crippen LogP contribution is 2.18. The number of Topliss-reactive ketones (excluding diaryl/α,β-unsaturated/α-hetero) is 1. The van der Waals surface area contributed by atoms with Crippen molar-refractivity contribution in [3.63, 3.8) is 0 Å². The molecule has 0 aliphatic carbocycles. The van der Waals surface area contributed by atoms with E-state index in [9.17, 15) is 13.2 Å². The predicted molar refractivity (Wildman–Crippen MR) is 69.8 cm³/mol. The lowest BCUT2D eigenvalue weighted by molar-refractivity contribution is -0.120. The van der Waals surface area contributed by atoms with E-state index in [1.54, 1.807) is 13.0 Å². The molecule has 2 N–H and O–H groups in total. The zero-order valence-corrected chi connectivity index (χ0v) is 11.4. The van der Waals surface area contributed by atoms with Gasteiger partial charge < -0.3 is 5.73 Å². The third kappa shape index (κ3) is 4.57. The zero-order valence-electron chi connectivity index (χ0n) is 9.76. The van der Waals surface area contributed by atoms with Gasteiger partial charge in [-0.25, -0.2) is 8.42 Å². The molecular weight excluding hydrogens is 258 g/mol. The van der Waals surface area contributed by atoms with Crippen LogP contribution in [0.4, 0.5) is 0 Å². The monoisotopic (exact) mass is 275 g/mol. The minimum absolute atomic E-state index is 0.00139. The molecule has 1 rings (SSSR count). The molecule has 1 atom stereocenters. The van der Waals surface area contributed by atoms with Gasteiger partial charge in [-0.05, 0) is 17.9 Å². The summed E-state index contributed by atoms with van der Waals surface area (Å²) in [6.45, 7) is 1.80. The van der Waals surface area contributed by atoms with E-state index in [4.69, 9.17) is 5.73 Å². The van der Waals surface area contributed by atoms with Crippen LogP contribution in [-0.4, -0.2) is 25.7 Å². The third-order valence-corrected chi connectivity index (χ3v) is 5.18. The first kappa shape index (κ1) is 14.3. The number of thiophene rings is 1. The lowest BCUT2D eigenvalue weighted by atomic mass is 10.1. The van der Waals surface area contributed by atoms with Crippen LogP contribution in [-0.2, 0) is 14.6 Å². The van der Waals surface area contributed by atoms with Crippen LogP contribution in [0.5, 0.6) is 0 Å². The summed E-state index contributed by atoms with van der Waals surface area (Å²) >= 11 is 1.41. The van der Waals surface area contributed by atoms with E-state index in [-0.39, 0.29) is 23.7 Å². The Bertz CT molecular complexity index is 451. The summed E-state index contributed by atoms with van der Waals surface area (Å²) in [4.78, 5) is 12.5. The molecule has 0 aromatic carbocycles. The number of hydrogen-bond acceptors (Lipinski definition) is 5. The highest BCUT2D eigenvalue weighted by Gasteiger charge is 2.19. The van der Waals surface area contributed by atoms with E-state index in [0.717, 1.165) is 4.88 Å². The first-order valence-corrected chi connectivity index (χ1v) is 8.18. The second-order valence-electron chi connectivity index (χ2n) is 3.86. The van der Waals surface area contributed by atoms with Crippen molar-refractivity contribution in [2.45, 2.75) is 25.8 Å². The predicted octanol–water partition coefficient (Wildman–Crippen LogP) is 1.53. The maximum atomic E-state index is 11.7. The van der Waals surface area contributed by atoms with Crippen molar-refractivity contribution in [2.75, 3.05) is 11.5 Å². The largest absolute Gasteiger partial charge is 0.317 e. The van der Waals surface area contributed by atoms with Gasteiger partial charge in [-0.15, -0.1) is 11.3 Å². The van der Waals surface area contributed by atoms with E-state index >= 15 is 0 Å². The van der Waals surface area contributed by atoms with E-state index < -0.39 is 15.9 Å². The number of carbonyl (C=O) groups is 1. The molecule has 0 saturated heterocycles. The molecule has 0 bridgehead atoms. The van der Waals surface area contributed by atoms with E-state index in [1.807, 2.05) is 11.4 Å². The molecule has 6 heteroatoms. The molecule has 1 heterocycles. The molecular formula is C11H17NO3S2. The van der Waals surface area contributed by atoms with Crippen LogP contribution in [0.15, 0.2) is 17.5 Å². The topological polar surface area (TPSA) is 77.2 Å². The molecule has 1 unspecified atom stereocenters. The molecule has 0 fully saturated rings. The SMILES string of the molecule is CCCS(=O)(=O)CCC(=O)C(N)c1cccs1. The number of nitrogens with two attached hydrogens (primary N) is 1. The fourth-order valence-electron chi connectivity index (χ4n) is 1.45. The quantitative estimate of drug-likeness (QED) is 0.818. The van der Waals surface area contributed by atoms with Crippen LogP contribution in [0, 0.1) is 0 Å².